The summed E-state index contributed by atoms with van der Waals surface area (Å²) in [6, 6.07) is 5.35. The smallest absolute Gasteiger partial charge is 0.0499 e. The Morgan fingerprint density at radius 2 is 2.09 bits per heavy atom. The molecule has 0 aliphatic carbocycles. The first-order valence-corrected chi connectivity index (χ1v) is 3.55. The van der Waals surface area contributed by atoms with Gasteiger partial charge >= 0.3 is 0 Å². The van der Waals surface area contributed by atoms with Crippen LogP contribution in [0.2, 0.25) is 5.02 Å². The minimum absolute atomic E-state index is 0.617. The van der Waals surface area contributed by atoms with Crippen molar-refractivity contribution in [1.29, 1.82) is 0 Å². The van der Waals surface area contributed by atoms with E-state index in [0.29, 0.717) is 10.7 Å². The van der Waals surface area contributed by atoms with Gasteiger partial charge in [-0.05, 0) is 24.4 Å². The van der Waals surface area contributed by atoms with Crippen molar-refractivity contribution in [1.82, 2.24) is 0 Å². The van der Waals surface area contributed by atoms with Gasteiger partial charge in [0.25, 0.3) is 0 Å². The van der Waals surface area contributed by atoms with Gasteiger partial charge in [-0.1, -0.05) is 17.7 Å². The summed E-state index contributed by atoms with van der Waals surface area (Å²) in [5, 5.41) is 0.617. The second-order valence-corrected chi connectivity index (χ2v) is 2.51. The molecule has 1 aromatic carbocycles. The molecule has 4 N–H and O–H groups in total. The summed E-state index contributed by atoms with van der Waals surface area (Å²) < 4.78 is 0. The summed E-state index contributed by atoms with van der Waals surface area (Å²) in [6.07, 6.45) is 3.09. The number of halogens is 1. The van der Waals surface area contributed by atoms with E-state index in [9.17, 15) is 0 Å². The SMILES string of the molecule is N/C=C\c1c(N)cccc1Cl. The van der Waals surface area contributed by atoms with Crippen molar-refractivity contribution in [2.75, 3.05) is 5.73 Å². The fourth-order valence-corrected chi connectivity index (χ4v) is 1.07. The lowest BCUT2D eigenvalue weighted by Gasteiger charge is -2.00. The lowest BCUT2D eigenvalue weighted by Crippen LogP contribution is -1.90. The van der Waals surface area contributed by atoms with E-state index in [1.165, 1.54) is 6.20 Å². The van der Waals surface area contributed by atoms with Crippen LogP contribution in [-0.4, -0.2) is 0 Å². The molecule has 0 saturated carbocycles. The van der Waals surface area contributed by atoms with E-state index in [1.54, 1.807) is 24.3 Å². The Morgan fingerprint density at radius 3 is 2.64 bits per heavy atom. The van der Waals surface area contributed by atoms with E-state index in [4.69, 9.17) is 23.1 Å². The highest BCUT2D eigenvalue weighted by Crippen LogP contribution is 2.22. The number of nitrogens with two attached hydrogens (primary N) is 2. The first-order chi connectivity index (χ1) is 5.25. The van der Waals surface area contributed by atoms with Crippen molar-refractivity contribution in [3.63, 3.8) is 0 Å². The molecule has 0 saturated heterocycles. The largest absolute Gasteiger partial charge is 0.405 e. The van der Waals surface area contributed by atoms with Crippen molar-refractivity contribution in [3.8, 4) is 0 Å². The molecular weight excluding hydrogens is 160 g/mol. The van der Waals surface area contributed by atoms with Gasteiger partial charge in [-0.3, -0.25) is 0 Å². The second kappa shape index (κ2) is 3.30. The van der Waals surface area contributed by atoms with Gasteiger partial charge in [-0.25, -0.2) is 0 Å². The molecule has 0 heterocycles. The Labute approximate surface area is 70.5 Å². The molecule has 0 spiro atoms. The average Bonchev–Trinajstić information content (AvgIpc) is 1.97. The maximum absolute atomic E-state index is 5.82. The first kappa shape index (κ1) is 7.95. The predicted octanol–water partition coefficient (Wildman–Crippen LogP) is 1.85. The van der Waals surface area contributed by atoms with Crippen molar-refractivity contribution < 1.29 is 0 Å². The molecule has 2 nitrogen and oxygen atoms in total. The van der Waals surface area contributed by atoms with Crippen molar-refractivity contribution in [2.24, 2.45) is 5.73 Å². The van der Waals surface area contributed by atoms with Crippen LogP contribution >= 0.6 is 11.6 Å². The zero-order valence-electron chi connectivity index (χ0n) is 5.92. The zero-order valence-corrected chi connectivity index (χ0v) is 6.68. The second-order valence-electron chi connectivity index (χ2n) is 2.10. The lowest BCUT2D eigenvalue weighted by molar-refractivity contribution is 1.59. The number of nitrogen functional groups attached to an aromatic ring is 1. The van der Waals surface area contributed by atoms with E-state index in [-0.39, 0.29) is 0 Å². The highest BCUT2D eigenvalue weighted by Gasteiger charge is 1.98. The van der Waals surface area contributed by atoms with Crippen LogP contribution in [-0.2, 0) is 0 Å². The summed E-state index contributed by atoms with van der Waals surface area (Å²) in [5.41, 5.74) is 12.2. The molecule has 0 unspecified atom stereocenters. The van der Waals surface area contributed by atoms with Gasteiger partial charge in [-0.2, -0.15) is 0 Å². The topological polar surface area (TPSA) is 52.0 Å². The van der Waals surface area contributed by atoms with Gasteiger partial charge in [0.1, 0.15) is 0 Å². The fraction of sp³-hybridized carbons (Fsp3) is 0. The number of hydrogen-bond donors (Lipinski definition) is 2. The van der Waals surface area contributed by atoms with E-state index in [2.05, 4.69) is 0 Å². The summed E-state index contributed by atoms with van der Waals surface area (Å²) in [5.74, 6) is 0. The Balaban J connectivity index is 3.20. The molecular formula is C8H9ClN2. The van der Waals surface area contributed by atoms with Crippen molar-refractivity contribution in [3.05, 3.63) is 35.0 Å². The Bertz CT molecular complexity index is 261. The van der Waals surface area contributed by atoms with E-state index >= 15 is 0 Å². The monoisotopic (exact) mass is 168 g/mol. The minimum atomic E-state index is 0.617. The summed E-state index contributed by atoms with van der Waals surface area (Å²) in [4.78, 5) is 0. The fourth-order valence-electron chi connectivity index (χ4n) is 0.826. The van der Waals surface area contributed by atoms with Crippen molar-refractivity contribution >= 4 is 23.4 Å². The Kier molecular flexibility index (Phi) is 2.39. The number of hydrogen-bond acceptors (Lipinski definition) is 2. The molecule has 0 bridgehead atoms. The molecule has 1 rings (SSSR count). The molecule has 0 aromatic heterocycles. The zero-order chi connectivity index (χ0) is 8.27. The van der Waals surface area contributed by atoms with Gasteiger partial charge in [0.05, 0.1) is 0 Å². The van der Waals surface area contributed by atoms with Crippen LogP contribution in [0.15, 0.2) is 24.4 Å². The number of benzene rings is 1. The number of anilines is 1. The highest BCUT2D eigenvalue weighted by atomic mass is 35.5. The van der Waals surface area contributed by atoms with Crippen LogP contribution in [0.25, 0.3) is 6.08 Å². The maximum Gasteiger partial charge on any atom is 0.0499 e. The van der Waals surface area contributed by atoms with Gasteiger partial charge in [0.2, 0.25) is 0 Å². The van der Waals surface area contributed by atoms with Crippen LogP contribution in [0.4, 0.5) is 5.69 Å². The average molecular weight is 169 g/mol. The Morgan fingerprint density at radius 1 is 1.36 bits per heavy atom. The molecule has 58 valence electrons. The Hall–Kier alpha value is -1.15. The quantitative estimate of drug-likeness (QED) is 0.629. The van der Waals surface area contributed by atoms with E-state index in [0.717, 1.165) is 5.56 Å². The molecule has 0 fully saturated rings. The first-order valence-electron chi connectivity index (χ1n) is 3.18. The molecule has 0 aliphatic rings. The molecule has 0 atom stereocenters. The normalized spacial score (nSPS) is 10.6. The molecule has 0 amide bonds. The number of rotatable bonds is 1. The van der Waals surface area contributed by atoms with E-state index < -0.39 is 0 Å². The predicted molar refractivity (Wildman–Crippen MR) is 49.1 cm³/mol. The van der Waals surface area contributed by atoms with Gasteiger partial charge < -0.3 is 11.5 Å². The third kappa shape index (κ3) is 1.65. The molecule has 11 heavy (non-hydrogen) atoms. The van der Waals surface area contributed by atoms with Crippen LogP contribution in [0.3, 0.4) is 0 Å². The van der Waals surface area contributed by atoms with E-state index in [1.807, 2.05) is 0 Å². The standard InChI is InChI=1S/C8H9ClN2/c9-7-2-1-3-8(11)6(7)4-5-10/h1-5H,10-11H2/b5-4-. The molecule has 1 aromatic rings. The highest BCUT2D eigenvalue weighted by molar-refractivity contribution is 6.32. The minimum Gasteiger partial charge on any atom is -0.405 e. The molecule has 3 heteroatoms. The molecule has 0 aliphatic heterocycles. The van der Waals surface area contributed by atoms with Crippen LogP contribution in [0, 0.1) is 0 Å². The third-order valence-corrected chi connectivity index (χ3v) is 1.68. The van der Waals surface area contributed by atoms with Crippen molar-refractivity contribution in [2.45, 2.75) is 0 Å². The third-order valence-electron chi connectivity index (χ3n) is 1.35. The maximum atomic E-state index is 5.82. The van der Waals surface area contributed by atoms with Gasteiger partial charge in [0.15, 0.2) is 0 Å². The van der Waals surface area contributed by atoms with Crippen LogP contribution < -0.4 is 11.5 Å². The van der Waals surface area contributed by atoms with Gasteiger partial charge in [-0.15, -0.1) is 0 Å². The summed E-state index contributed by atoms with van der Waals surface area (Å²) in [6.45, 7) is 0. The summed E-state index contributed by atoms with van der Waals surface area (Å²) in [7, 11) is 0. The van der Waals surface area contributed by atoms with Crippen LogP contribution in [0.5, 0.6) is 0 Å². The molecule has 0 radical (unpaired) electrons. The lowest BCUT2D eigenvalue weighted by atomic mass is 10.2. The summed E-state index contributed by atoms with van der Waals surface area (Å²) >= 11 is 5.82. The van der Waals surface area contributed by atoms with Gasteiger partial charge in [0, 0.05) is 16.3 Å². The van der Waals surface area contributed by atoms with Crippen LogP contribution in [0.1, 0.15) is 5.56 Å².